The van der Waals surface area contributed by atoms with Crippen LogP contribution in [0.25, 0.3) is 22.4 Å². The number of nitrogen functional groups attached to an aromatic ring is 1. The van der Waals surface area contributed by atoms with Gasteiger partial charge in [-0.05, 0) is 42.8 Å². The van der Waals surface area contributed by atoms with Crippen molar-refractivity contribution < 1.29 is 18.6 Å². The molecule has 1 saturated heterocycles. The number of nitrogens with two attached hydrogens (primary N) is 1. The molecule has 1 fully saturated rings. The first-order chi connectivity index (χ1) is 17.6. The third kappa shape index (κ3) is 4.40. The van der Waals surface area contributed by atoms with E-state index in [0.29, 0.717) is 35.4 Å². The van der Waals surface area contributed by atoms with Crippen LogP contribution in [0.1, 0.15) is 12.8 Å². The molecule has 3 aromatic heterocycles. The molecule has 0 amide bonds. The highest BCUT2D eigenvalue weighted by atomic mass is 32.2. The normalized spacial score (nSPS) is 19.3. The molecule has 36 heavy (non-hydrogen) atoms. The summed E-state index contributed by atoms with van der Waals surface area (Å²) >= 11 is 1.51. The molecule has 6 rings (SSSR count). The zero-order valence-corrected chi connectivity index (χ0v) is 21.0. The molecule has 2 unspecified atom stereocenters. The van der Waals surface area contributed by atoms with Crippen molar-refractivity contribution in [3.8, 4) is 23.0 Å². The smallest absolute Gasteiger partial charge is 0.196 e. The molecule has 5 heterocycles. The summed E-state index contributed by atoms with van der Waals surface area (Å²) in [6.45, 7) is 2.51. The van der Waals surface area contributed by atoms with Crippen molar-refractivity contribution in [2.24, 2.45) is 5.92 Å². The van der Waals surface area contributed by atoms with E-state index >= 15 is 0 Å². The van der Waals surface area contributed by atoms with E-state index in [9.17, 15) is 0 Å². The highest BCUT2D eigenvalue weighted by Crippen LogP contribution is 2.38. The number of piperidine rings is 1. The van der Waals surface area contributed by atoms with Gasteiger partial charge in [0.1, 0.15) is 28.6 Å². The zero-order valence-electron chi connectivity index (χ0n) is 20.1. The molecule has 0 aliphatic carbocycles. The predicted molar refractivity (Wildman–Crippen MR) is 139 cm³/mol. The Bertz CT molecular complexity index is 1350. The largest absolute Gasteiger partial charge is 0.496 e. The average Bonchev–Trinajstić information content (AvgIpc) is 3.60. The van der Waals surface area contributed by atoms with Crippen molar-refractivity contribution >= 4 is 34.2 Å². The maximum atomic E-state index is 6.38. The summed E-state index contributed by atoms with van der Waals surface area (Å²) in [5.74, 6) is 3.01. The number of ether oxygens (including phenoxy) is 3. The van der Waals surface area contributed by atoms with Gasteiger partial charge >= 0.3 is 0 Å². The Balaban J connectivity index is 1.21. The standard InChI is InChI=1S/C25H28N6O4S/c1-32-17-8-20(34-14-15-4-3-7-30(12-15)16-5-6-23(26)27-11-16)18-10-22(35-21(18)9-17)19-13-31-24(28-19)36-25(29-31)33-2/h5-6,8-11,13,15,25,29H,3-4,7,12,14H2,1-2H3,(H2,26,27). The van der Waals surface area contributed by atoms with Crippen LogP contribution in [0.15, 0.2) is 52.3 Å². The number of pyridine rings is 1. The van der Waals surface area contributed by atoms with Crippen molar-refractivity contribution in [1.29, 1.82) is 0 Å². The summed E-state index contributed by atoms with van der Waals surface area (Å²) in [5, 5.41) is 1.72. The van der Waals surface area contributed by atoms with Gasteiger partial charge in [0.2, 0.25) is 0 Å². The second kappa shape index (κ2) is 9.47. The number of rotatable bonds is 7. The Morgan fingerprint density at radius 2 is 2.17 bits per heavy atom. The molecule has 188 valence electrons. The summed E-state index contributed by atoms with van der Waals surface area (Å²) in [7, 11) is 3.30. The lowest BCUT2D eigenvalue weighted by Gasteiger charge is -2.34. The molecule has 0 saturated carbocycles. The molecule has 1 aromatic carbocycles. The minimum Gasteiger partial charge on any atom is -0.496 e. The van der Waals surface area contributed by atoms with Crippen LogP contribution in [0.4, 0.5) is 11.5 Å². The Kier molecular flexibility index (Phi) is 6.02. The van der Waals surface area contributed by atoms with Crippen molar-refractivity contribution in [2.75, 3.05) is 50.0 Å². The summed E-state index contributed by atoms with van der Waals surface area (Å²) in [6.07, 6.45) is 5.95. The highest BCUT2D eigenvalue weighted by Gasteiger charge is 2.26. The Labute approximate surface area is 212 Å². The van der Waals surface area contributed by atoms with Crippen LogP contribution in [-0.2, 0) is 4.74 Å². The number of nitrogens with zero attached hydrogens (tertiary/aromatic N) is 4. The van der Waals surface area contributed by atoms with Crippen molar-refractivity contribution in [2.45, 2.75) is 23.6 Å². The monoisotopic (exact) mass is 508 g/mol. The second-order valence-electron chi connectivity index (χ2n) is 8.95. The van der Waals surface area contributed by atoms with E-state index in [1.807, 2.05) is 47.4 Å². The molecule has 3 N–H and O–H groups in total. The molecular formula is C25H28N6O4S. The molecule has 0 bridgehead atoms. The van der Waals surface area contributed by atoms with Gasteiger partial charge in [-0.15, -0.1) is 0 Å². The molecule has 2 atom stereocenters. The Hall–Kier alpha value is -3.57. The molecule has 11 heteroatoms. The van der Waals surface area contributed by atoms with E-state index in [-0.39, 0.29) is 5.56 Å². The number of thioether (sulfide) groups is 1. The number of furan rings is 1. The van der Waals surface area contributed by atoms with Gasteiger partial charge in [-0.2, -0.15) is 0 Å². The van der Waals surface area contributed by atoms with E-state index in [4.69, 9.17) is 24.4 Å². The third-order valence-electron chi connectivity index (χ3n) is 6.54. The van der Waals surface area contributed by atoms with Gasteiger partial charge in [0.25, 0.3) is 0 Å². The van der Waals surface area contributed by atoms with Gasteiger partial charge in [0.15, 0.2) is 16.5 Å². The number of imidazole rings is 1. The molecule has 0 spiro atoms. The molecule has 2 aliphatic heterocycles. The van der Waals surface area contributed by atoms with Crippen LogP contribution >= 0.6 is 11.8 Å². The lowest BCUT2D eigenvalue weighted by Crippen LogP contribution is -2.37. The first kappa shape index (κ1) is 22.9. The van der Waals surface area contributed by atoms with Gasteiger partial charge in [0.05, 0.1) is 37.2 Å². The molecule has 0 radical (unpaired) electrons. The van der Waals surface area contributed by atoms with E-state index in [1.54, 1.807) is 14.2 Å². The lowest BCUT2D eigenvalue weighted by molar-refractivity contribution is 0.187. The first-order valence-corrected chi connectivity index (χ1v) is 12.7. The number of benzene rings is 1. The van der Waals surface area contributed by atoms with Crippen LogP contribution < -0.4 is 25.5 Å². The summed E-state index contributed by atoms with van der Waals surface area (Å²) in [5.41, 5.74) is 11.3. The quantitative estimate of drug-likeness (QED) is 0.377. The predicted octanol–water partition coefficient (Wildman–Crippen LogP) is 4.16. The Morgan fingerprint density at radius 1 is 1.25 bits per heavy atom. The number of hydrogen-bond acceptors (Lipinski definition) is 10. The van der Waals surface area contributed by atoms with Crippen molar-refractivity contribution in [3.63, 3.8) is 0 Å². The van der Waals surface area contributed by atoms with E-state index in [1.165, 1.54) is 11.8 Å². The van der Waals surface area contributed by atoms with Crippen LogP contribution in [0.3, 0.4) is 0 Å². The van der Waals surface area contributed by atoms with E-state index in [0.717, 1.165) is 53.6 Å². The molecular weight excluding hydrogens is 480 g/mol. The van der Waals surface area contributed by atoms with Crippen LogP contribution in [0.5, 0.6) is 11.5 Å². The van der Waals surface area contributed by atoms with Gasteiger partial charge < -0.3 is 29.3 Å². The second-order valence-corrected chi connectivity index (χ2v) is 9.98. The van der Waals surface area contributed by atoms with E-state index in [2.05, 4.69) is 20.3 Å². The lowest BCUT2D eigenvalue weighted by atomic mass is 9.98. The van der Waals surface area contributed by atoms with Crippen LogP contribution in [-0.4, -0.2) is 54.1 Å². The SMILES string of the molecule is COc1cc(OCC2CCCN(c3ccc(N)nc3)C2)c2cc(-c3cn4c(n3)SC(OC)N4)oc2c1. The van der Waals surface area contributed by atoms with Crippen LogP contribution in [0, 0.1) is 5.92 Å². The summed E-state index contributed by atoms with van der Waals surface area (Å²) in [6, 6.07) is 9.64. The van der Waals surface area contributed by atoms with Gasteiger partial charge in [-0.25, -0.2) is 14.6 Å². The average molecular weight is 509 g/mol. The van der Waals surface area contributed by atoms with Crippen molar-refractivity contribution in [3.05, 3.63) is 42.7 Å². The summed E-state index contributed by atoms with van der Waals surface area (Å²) in [4.78, 5) is 11.3. The number of fused-ring (bicyclic) bond motifs is 2. The number of hydrogen-bond donors (Lipinski definition) is 2. The van der Waals surface area contributed by atoms with Gasteiger partial charge in [0, 0.05) is 38.2 Å². The maximum absolute atomic E-state index is 6.38. The fourth-order valence-corrected chi connectivity index (χ4v) is 5.49. The number of nitrogens with one attached hydrogen (secondary N) is 1. The number of aromatic nitrogens is 3. The van der Waals surface area contributed by atoms with Crippen molar-refractivity contribution in [1.82, 2.24) is 14.6 Å². The third-order valence-corrected chi connectivity index (χ3v) is 7.55. The molecule has 4 aromatic rings. The maximum Gasteiger partial charge on any atom is 0.196 e. The highest BCUT2D eigenvalue weighted by molar-refractivity contribution is 7.99. The topological polar surface area (TPSA) is 113 Å². The fraction of sp³-hybridized carbons (Fsp3) is 0.360. The minimum atomic E-state index is -0.145. The number of methoxy groups -OCH3 is 2. The fourth-order valence-electron chi connectivity index (χ4n) is 4.67. The van der Waals surface area contributed by atoms with E-state index < -0.39 is 0 Å². The van der Waals surface area contributed by atoms with Gasteiger partial charge in [-0.3, -0.25) is 5.43 Å². The summed E-state index contributed by atoms with van der Waals surface area (Å²) < 4.78 is 25.3. The number of anilines is 2. The zero-order chi connectivity index (χ0) is 24.6. The minimum absolute atomic E-state index is 0.145. The first-order valence-electron chi connectivity index (χ1n) is 11.9. The molecule has 10 nitrogen and oxygen atoms in total. The molecule has 2 aliphatic rings. The van der Waals surface area contributed by atoms with Gasteiger partial charge in [-0.1, -0.05) is 0 Å². The Morgan fingerprint density at radius 3 is 2.94 bits per heavy atom. The van der Waals surface area contributed by atoms with Crippen LogP contribution in [0.2, 0.25) is 0 Å².